The summed E-state index contributed by atoms with van der Waals surface area (Å²) in [5.41, 5.74) is 3.29. The fourth-order valence-electron chi connectivity index (χ4n) is 3.77. The van der Waals surface area contributed by atoms with Crippen molar-refractivity contribution in [3.05, 3.63) is 62.4 Å². The van der Waals surface area contributed by atoms with Crippen molar-refractivity contribution in [2.45, 2.75) is 26.2 Å². The van der Waals surface area contributed by atoms with E-state index in [1.54, 1.807) is 9.36 Å². The lowest BCUT2D eigenvalue weighted by Crippen LogP contribution is -2.25. The summed E-state index contributed by atoms with van der Waals surface area (Å²) in [6.45, 7) is 1.85. The number of hydrogen-bond acceptors (Lipinski definition) is 5. The number of rotatable bonds is 4. The number of fused-ring (bicyclic) bond motifs is 1. The normalized spacial score (nSPS) is 12.5. The van der Waals surface area contributed by atoms with Crippen LogP contribution in [0, 0.1) is 6.92 Å². The van der Waals surface area contributed by atoms with Gasteiger partial charge in [-0.3, -0.25) is 9.48 Å². The molecule has 3 aromatic rings. The maximum absolute atomic E-state index is 13.1. The van der Waals surface area contributed by atoms with Crippen molar-refractivity contribution in [1.82, 2.24) is 9.36 Å². The van der Waals surface area contributed by atoms with Crippen LogP contribution in [0.3, 0.4) is 0 Å². The first-order valence-corrected chi connectivity index (χ1v) is 10.8. The highest BCUT2D eigenvalue weighted by Gasteiger charge is 2.28. The smallest absolute Gasteiger partial charge is 0.341 e. The van der Waals surface area contributed by atoms with Gasteiger partial charge < -0.3 is 15.4 Å². The molecule has 30 heavy (non-hydrogen) atoms. The first kappa shape index (κ1) is 20.4. The predicted octanol–water partition coefficient (Wildman–Crippen LogP) is 3.63. The van der Waals surface area contributed by atoms with Gasteiger partial charge >= 0.3 is 5.97 Å². The Morgan fingerprint density at radius 1 is 1.20 bits per heavy atom. The van der Waals surface area contributed by atoms with Gasteiger partial charge in [0.05, 0.1) is 24.1 Å². The molecule has 0 bridgehead atoms. The van der Waals surface area contributed by atoms with Crippen LogP contribution < -0.4 is 16.2 Å². The minimum absolute atomic E-state index is 0.202. The zero-order valence-corrected chi connectivity index (χ0v) is 18.6. The van der Waals surface area contributed by atoms with Crippen molar-refractivity contribution < 1.29 is 9.53 Å². The third kappa shape index (κ3) is 3.44. The van der Waals surface area contributed by atoms with Crippen LogP contribution in [-0.2, 0) is 24.6 Å². The number of para-hydroxylation sites is 1. The van der Waals surface area contributed by atoms with Gasteiger partial charge in [-0.2, -0.15) is 0 Å². The molecule has 2 heterocycles. The average molecular weight is 443 g/mol. The van der Waals surface area contributed by atoms with Crippen molar-refractivity contribution in [3.8, 4) is 5.69 Å². The van der Waals surface area contributed by atoms with Crippen LogP contribution in [0.4, 0.5) is 10.7 Å². The van der Waals surface area contributed by atoms with Gasteiger partial charge in [-0.05, 0) is 56.1 Å². The number of aromatic nitrogens is 2. The van der Waals surface area contributed by atoms with Crippen LogP contribution in [0.25, 0.3) is 5.69 Å². The third-order valence-corrected chi connectivity index (χ3v) is 6.74. The van der Waals surface area contributed by atoms with E-state index in [0.717, 1.165) is 36.2 Å². The van der Waals surface area contributed by atoms with E-state index >= 15 is 0 Å². The van der Waals surface area contributed by atoms with Gasteiger partial charge in [0, 0.05) is 11.9 Å². The van der Waals surface area contributed by atoms with Crippen molar-refractivity contribution >= 4 is 45.3 Å². The highest BCUT2D eigenvalue weighted by Crippen LogP contribution is 2.39. The van der Waals surface area contributed by atoms with Crippen LogP contribution in [0.1, 0.15) is 32.9 Å². The molecule has 4 rings (SSSR count). The van der Waals surface area contributed by atoms with Crippen molar-refractivity contribution in [3.63, 3.8) is 0 Å². The van der Waals surface area contributed by atoms with Crippen molar-refractivity contribution in [1.29, 1.82) is 0 Å². The van der Waals surface area contributed by atoms with Gasteiger partial charge in [-0.25, -0.2) is 9.48 Å². The van der Waals surface area contributed by atoms with E-state index in [-0.39, 0.29) is 16.6 Å². The number of thiocarbonyl (C=S) groups is 1. The summed E-state index contributed by atoms with van der Waals surface area (Å²) in [7, 11) is 3.20. The Morgan fingerprint density at radius 2 is 1.93 bits per heavy atom. The molecule has 0 radical (unpaired) electrons. The van der Waals surface area contributed by atoms with E-state index in [1.165, 1.54) is 23.3 Å². The highest BCUT2D eigenvalue weighted by molar-refractivity contribution is 7.80. The summed E-state index contributed by atoms with van der Waals surface area (Å²) >= 11 is 6.99. The van der Waals surface area contributed by atoms with Crippen LogP contribution in [-0.4, -0.2) is 27.6 Å². The number of nitrogens with one attached hydrogen (secondary N) is 2. The number of ether oxygens (including phenoxy) is 1. The highest BCUT2D eigenvalue weighted by atomic mass is 32.1. The zero-order valence-electron chi connectivity index (χ0n) is 16.9. The van der Waals surface area contributed by atoms with Crippen molar-refractivity contribution in [2.75, 3.05) is 17.7 Å². The molecule has 1 aliphatic carbocycles. The van der Waals surface area contributed by atoms with Gasteiger partial charge in [0.2, 0.25) is 0 Å². The molecule has 0 amide bonds. The van der Waals surface area contributed by atoms with Crippen molar-refractivity contribution in [2.24, 2.45) is 7.05 Å². The summed E-state index contributed by atoms with van der Waals surface area (Å²) in [6, 6.07) is 9.41. The van der Waals surface area contributed by atoms with E-state index in [4.69, 9.17) is 17.0 Å². The zero-order chi connectivity index (χ0) is 21.4. The fraction of sp³-hybridized carbons (Fsp3) is 0.286. The summed E-state index contributed by atoms with van der Waals surface area (Å²) in [5, 5.41) is 7.04. The molecule has 2 aromatic heterocycles. The Labute approximate surface area is 183 Å². The topological polar surface area (TPSA) is 77.3 Å². The van der Waals surface area contributed by atoms with Crippen LogP contribution >= 0.6 is 23.6 Å². The standard InChI is InChI=1S/C21H22N4O3S2/c1-12-17(19(26)25(24(12)2)13-8-5-4-6-9-13)22-21(29)23-18-16(20(27)28-3)14-10-7-11-15(14)30-18/h4-6,8-9H,7,10-11H2,1-3H3,(H2,22,23,29). The number of anilines is 2. The molecule has 0 atom stereocenters. The van der Waals surface area contributed by atoms with Crippen LogP contribution in [0.5, 0.6) is 0 Å². The Morgan fingerprint density at radius 3 is 2.63 bits per heavy atom. The van der Waals surface area contributed by atoms with Crippen LogP contribution in [0.15, 0.2) is 35.1 Å². The largest absolute Gasteiger partial charge is 0.465 e. The van der Waals surface area contributed by atoms with Gasteiger partial charge in [0.15, 0.2) is 5.11 Å². The minimum atomic E-state index is -0.373. The fourth-order valence-corrected chi connectivity index (χ4v) is 5.32. The molecule has 156 valence electrons. The SMILES string of the molecule is COC(=O)c1c(NC(=S)Nc2c(C)n(C)n(-c3ccccc3)c2=O)sc2c1CCC2. The predicted molar refractivity (Wildman–Crippen MR) is 123 cm³/mol. The second kappa shape index (κ2) is 8.08. The number of nitrogens with zero attached hydrogens (tertiary/aromatic N) is 2. The lowest BCUT2D eigenvalue weighted by atomic mass is 10.1. The summed E-state index contributed by atoms with van der Waals surface area (Å²) in [6.07, 6.45) is 2.85. The van der Waals surface area contributed by atoms with E-state index in [1.807, 2.05) is 44.3 Å². The number of esters is 1. The van der Waals surface area contributed by atoms with Gasteiger partial charge in [-0.15, -0.1) is 11.3 Å². The van der Waals surface area contributed by atoms with Crippen LogP contribution in [0.2, 0.25) is 0 Å². The molecule has 0 saturated heterocycles. The number of aryl methyl sites for hydroxylation is 1. The van der Waals surface area contributed by atoms with E-state index < -0.39 is 0 Å². The number of carbonyl (C=O) groups is 1. The molecule has 1 aromatic carbocycles. The molecule has 2 N–H and O–H groups in total. The summed E-state index contributed by atoms with van der Waals surface area (Å²) in [4.78, 5) is 26.6. The first-order chi connectivity index (χ1) is 14.4. The van der Waals surface area contributed by atoms with Gasteiger partial charge in [0.25, 0.3) is 5.56 Å². The third-order valence-electron chi connectivity index (χ3n) is 5.33. The van der Waals surface area contributed by atoms with E-state index in [0.29, 0.717) is 16.3 Å². The van der Waals surface area contributed by atoms with E-state index in [2.05, 4.69) is 10.6 Å². The number of methoxy groups -OCH3 is 1. The molecular weight excluding hydrogens is 420 g/mol. The van der Waals surface area contributed by atoms with Gasteiger partial charge in [-0.1, -0.05) is 18.2 Å². The molecule has 9 heteroatoms. The maximum Gasteiger partial charge on any atom is 0.341 e. The first-order valence-electron chi connectivity index (χ1n) is 9.57. The Kier molecular flexibility index (Phi) is 5.48. The second-order valence-corrected chi connectivity index (χ2v) is 8.58. The Hall–Kier alpha value is -2.91. The molecule has 0 aliphatic heterocycles. The summed E-state index contributed by atoms with van der Waals surface area (Å²) < 4.78 is 8.34. The second-order valence-electron chi connectivity index (χ2n) is 7.07. The number of hydrogen-bond donors (Lipinski definition) is 2. The molecule has 7 nitrogen and oxygen atoms in total. The van der Waals surface area contributed by atoms with Gasteiger partial charge in [0.1, 0.15) is 10.7 Å². The number of carbonyl (C=O) groups excluding carboxylic acids is 1. The number of benzene rings is 1. The molecule has 0 saturated carbocycles. The average Bonchev–Trinajstić information content (AvgIpc) is 3.37. The monoisotopic (exact) mass is 442 g/mol. The number of thiophene rings is 1. The minimum Gasteiger partial charge on any atom is -0.465 e. The quantitative estimate of drug-likeness (QED) is 0.475. The molecule has 0 unspecified atom stereocenters. The Bertz CT molecular complexity index is 1190. The summed E-state index contributed by atoms with van der Waals surface area (Å²) in [5.74, 6) is -0.373. The maximum atomic E-state index is 13.1. The molecular formula is C21H22N4O3S2. The molecule has 0 fully saturated rings. The van der Waals surface area contributed by atoms with E-state index in [9.17, 15) is 9.59 Å². The Balaban J connectivity index is 1.62. The molecule has 0 spiro atoms. The lowest BCUT2D eigenvalue weighted by Gasteiger charge is -2.10. The molecule has 1 aliphatic rings. The lowest BCUT2D eigenvalue weighted by molar-refractivity contribution is 0.0601.